The summed E-state index contributed by atoms with van der Waals surface area (Å²) >= 11 is 0. The highest BCUT2D eigenvalue weighted by Gasteiger charge is 2.16. The number of benzene rings is 1. The Morgan fingerprint density at radius 2 is 2.12 bits per heavy atom. The third kappa shape index (κ3) is 3.35. The molecule has 6 nitrogen and oxygen atoms in total. The summed E-state index contributed by atoms with van der Waals surface area (Å²) in [6.07, 6.45) is 0. The Labute approximate surface area is 96.4 Å². The largest absolute Gasteiger partial charge is 0.490 e. The molecule has 0 radical (unpaired) electrons. The van der Waals surface area contributed by atoms with Gasteiger partial charge in [0.2, 0.25) is 9.05 Å². The molecule has 0 N–H and O–H groups in total. The summed E-state index contributed by atoms with van der Waals surface area (Å²) in [5, 5.41) is 10.6. The summed E-state index contributed by atoms with van der Waals surface area (Å²) in [5.74, 6) is -0.397. The van der Waals surface area contributed by atoms with E-state index in [-0.39, 0.29) is 11.4 Å². The monoisotopic (exact) mass is 265 g/mol. The van der Waals surface area contributed by atoms with Crippen LogP contribution in [0.15, 0.2) is 18.2 Å². The minimum absolute atomic E-state index is 0.00261. The number of rotatable bonds is 4. The predicted molar refractivity (Wildman–Crippen MR) is 58.1 cm³/mol. The molecule has 0 aliphatic rings. The molecule has 0 spiro atoms. The quantitative estimate of drug-likeness (QED) is 0.469. The Morgan fingerprint density at radius 3 is 2.56 bits per heavy atom. The molecule has 16 heavy (non-hydrogen) atoms. The van der Waals surface area contributed by atoms with Crippen molar-refractivity contribution in [2.75, 3.05) is 7.11 Å². The number of hydrogen-bond donors (Lipinski definition) is 0. The first-order valence-electron chi connectivity index (χ1n) is 4.07. The van der Waals surface area contributed by atoms with Crippen LogP contribution in [-0.2, 0) is 14.8 Å². The van der Waals surface area contributed by atoms with Crippen molar-refractivity contribution in [3.8, 4) is 5.75 Å². The number of ether oxygens (including phenoxy) is 1. The van der Waals surface area contributed by atoms with Gasteiger partial charge in [0, 0.05) is 16.7 Å². The van der Waals surface area contributed by atoms with Gasteiger partial charge >= 0.3 is 5.69 Å². The van der Waals surface area contributed by atoms with Crippen molar-refractivity contribution in [2.45, 2.75) is 5.75 Å². The second-order valence-electron chi connectivity index (χ2n) is 2.95. The van der Waals surface area contributed by atoms with Gasteiger partial charge in [0.1, 0.15) is 0 Å². The van der Waals surface area contributed by atoms with Gasteiger partial charge in [-0.05, 0) is 11.6 Å². The highest BCUT2D eigenvalue weighted by molar-refractivity contribution is 8.13. The lowest BCUT2D eigenvalue weighted by atomic mass is 10.2. The van der Waals surface area contributed by atoms with Gasteiger partial charge in [-0.2, -0.15) is 0 Å². The molecule has 0 fully saturated rings. The van der Waals surface area contributed by atoms with Crippen LogP contribution in [0.1, 0.15) is 5.56 Å². The fraction of sp³-hybridized carbons (Fsp3) is 0.250. The number of methoxy groups -OCH3 is 1. The zero-order valence-electron chi connectivity index (χ0n) is 8.21. The number of nitro benzene ring substituents is 1. The van der Waals surface area contributed by atoms with Crippen LogP contribution in [-0.4, -0.2) is 20.5 Å². The second kappa shape index (κ2) is 4.67. The van der Waals surface area contributed by atoms with Gasteiger partial charge < -0.3 is 4.74 Å². The smallest absolute Gasteiger partial charge is 0.310 e. The van der Waals surface area contributed by atoms with E-state index in [2.05, 4.69) is 0 Å². The number of hydrogen-bond acceptors (Lipinski definition) is 5. The van der Waals surface area contributed by atoms with Gasteiger partial charge in [-0.15, -0.1) is 0 Å². The molecule has 0 aliphatic carbocycles. The molecular formula is C8H8ClNO5S. The standard InChI is InChI=1S/C8H8ClNO5S/c1-15-8-4-6(5-16(9,13)14)2-3-7(8)10(11)12/h2-4H,5H2,1H3. The molecule has 1 aromatic rings. The normalized spacial score (nSPS) is 11.1. The van der Waals surface area contributed by atoms with Gasteiger partial charge in [0.15, 0.2) is 5.75 Å². The van der Waals surface area contributed by atoms with Crippen LogP contribution < -0.4 is 4.74 Å². The van der Waals surface area contributed by atoms with E-state index in [1.54, 1.807) is 0 Å². The first kappa shape index (κ1) is 12.7. The lowest BCUT2D eigenvalue weighted by Crippen LogP contribution is -1.98. The van der Waals surface area contributed by atoms with E-state index >= 15 is 0 Å². The molecule has 1 aromatic carbocycles. The number of nitro groups is 1. The molecule has 88 valence electrons. The van der Waals surface area contributed by atoms with E-state index in [1.807, 2.05) is 0 Å². The maximum absolute atomic E-state index is 10.8. The van der Waals surface area contributed by atoms with Gasteiger partial charge in [-0.25, -0.2) is 8.42 Å². The Morgan fingerprint density at radius 1 is 1.50 bits per heavy atom. The van der Waals surface area contributed by atoms with E-state index in [4.69, 9.17) is 15.4 Å². The van der Waals surface area contributed by atoms with Crippen molar-refractivity contribution in [3.63, 3.8) is 0 Å². The van der Waals surface area contributed by atoms with Crippen LogP contribution in [0.5, 0.6) is 5.75 Å². The molecule has 0 atom stereocenters. The molecule has 0 aliphatic heterocycles. The maximum Gasteiger partial charge on any atom is 0.310 e. The summed E-state index contributed by atoms with van der Waals surface area (Å²) in [7, 11) is 2.64. The van der Waals surface area contributed by atoms with Crippen LogP contribution in [0.2, 0.25) is 0 Å². The van der Waals surface area contributed by atoms with Crippen LogP contribution in [0.25, 0.3) is 0 Å². The summed E-state index contributed by atoms with van der Waals surface area (Å²) in [5.41, 5.74) is 0.107. The Bertz CT molecular complexity index is 513. The Balaban J connectivity index is 3.14. The molecule has 0 unspecified atom stereocenters. The van der Waals surface area contributed by atoms with Crippen LogP contribution >= 0.6 is 10.7 Å². The van der Waals surface area contributed by atoms with Crippen molar-refractivity contribution in [2.24, 2.45) is 0 Å². The fourth-order valence-electron chi connectivity index (χ4n) is 1.16. The van der Waals surface area contributed by atoms with E-state index in [0.29, 0.717) is 5.56 Å². The van der Waals surface area contributed by atoms with E-state index in [1.165, 1.54) is 25.3 Å². The highest BCUT2D eigenvalue weighted by Crippen LogP contribution is 2.28. The number of halogens is 1. The topological polar surface area (TPSA) is 86.5 Å². The lowest BCUT2D eigenvalue weighted by Gasteiger charge is -2.03. The molecule has 0 bridgehead atoms. The van der Waals surface area contributed by atoms with Crippen LogP contribution in [0, 0.1) is 10.1 Å². The van der Waals surface area contributed by atoms with Gasteiger partial charge in [0.05, 0.1) is 17.8 Å². The molecule has 1 rings (SSSR count). The van der Waals surface area contributed by atoms with Crippen molar-refractivity contribution in [3.05, 3.63) is 33.9 Å². The Hall–Kier alpha value is -1.34. The zero-order chi connectivity index (χ0) is 12.3. The molecule has 0 saturated carbocycles. The molecule has 8 heteroatoms. The van der Waals surface area contributed by atoms with E-state index in [9.17, 15) is 18.5 Å². The minimum Gasteiger partial charge on any atom is -0.490 e. The first-order chi connectivity index (χ1) is 7.33. The van der Waals surface area contributed by atoms with Gasteiger partial charge in [-0.1, -0.05) is 6.07 Å². The Kier molecular flexibility index (Phi) is 3.71. The lowest BCUT2D eigenvalue weighted by molar-refractivity contribution is -0.385. The van der Waals surface area contributed by atoms with Gasteiger partial charge in [0.25, 0.3) is 0 Å². The SMILES string of the molecule is COc1cc(CS(=O)(=O)Cl)ccc1[N+](=O)[O-]. The van der Waals surface area contributed by atoms with Crippen LogP contribution in [0.3, 0.4) is 0 Å². The number of nitrogens with zero attached hydrogens (tertiary/aromatic N) is 1. The van der Waals surface area contributed by atoms with Gasteiger partial charge in [-0.3, -0.25) is 10.1 Å². The molecule has 0 amide bonds. The first-order valence-corrected chi connectivity index (χ1v) is 6.55. The van der Waals surface area contributed by atoms with E-state index < -0.39 is 19.7 Å². The summed E-state index contributed by atoms with van der Waals surface area (Å²) < 4.78 is 26.4. The summed E-state index contributed by atoms with van der Waals surface area (Å²) in [6.45, 7) is 0. The molecular weight excluding hydrogens is 258 g/mol. The van der Waals surface area contributed by atoms with Crippen molar-refractivity contribution in [1.29, 1.82) is 0 Å². The fourth-order valence-corrected chi connectivity index (χ4v) is 2.12. The summed E-state index contributed by atoms with van der Waals surface area (Å²) in [4.78, 5) is 9.95. The average Bonchev–Trinajstić information content (AvgIpc) is 2.14. The molecule has 0 aromatic heterocycles. The zero-order valence-corrected chi connectivity index (χ0v) is 9.79. The second-order valence-corrected chi connectivity index (χ2v) is 5.72. The molecule has 0 heterocycles. The van der Waals surface area contributed by atoms with Crippen molar-refractivity contribution >= 4 is 25.4 Å². The van der Waals surface area contributed by atoms with Crippen molar-refractivity contribution < 1.29 is 18.1 Å². The predicted octanol–water partition coefficient (Wildman–Crippen LogP) is 1.67. The third-order valence-corrected chi connectivity index (χ3v) is 2.79. The highest BCUT2D eigenvalue weighted by atomic mass is 35.7. The van der Waals surface area contributed by atoms with Crippen LogP contribution in [0.4, 0.5) is 5.69 Å². The maximum atomic E-state index is 10.8. The average molecular weight is 266 g/mol. The molecule has 0 saturated heterocycles. The van der Waals surface area contributed by atoms with E-state index in [0.717, 1.165) is 0 Å². The third-order valence-electron chi connectivity index (χ3n) is 1.78. The van der Waals surface area contributed by atoms with Crippen molar-refractivity contribution in [1.82, 2.24) is 0 Å². The summed E-state index contributed by atoms with van der Waals surface area (Å²) in [6, 6.07) is 3.77. The minimum atomic E-state index is -3.69.